The molecular weight excluding hydrogens is 340 g/mol. The van der Waals surface area contributed by atoms with Crippen molar-refractivity contribution < 1.29 is 35.1 Å². The van der Waals surface area contributed by atoms with Crippen LogP contribution in [-0.2, 0) is 16.0 Å². The molecule has 0 bridgehead atoms. The summed E-state index contributed by atoms with van der Waals surface area (Å²) in [7, 11) is 0. The lowest BCUT2D eigenvalue weighted by atomic mass is 9.97. The van der Waals surface area contributed by atoms with Crippen LogP contribution in [-0.4, -0.2) is 69.1 Å². The number of benzene rings is 1. The first-order valence-corrected chi connectivity index (χ1v) is 8.76. The Morgan fingerprint density at radius 3 is 2.00 bits per heavy atom. The lowest BCUT2D eigenvalue weighted by molar-refractivity contribution is -0.157. The van der Waals surface area contributed by atoms with Crippen LogP contribution in [0.4, 0.5) is 0 Å². The normalized spacial score (nSPS) is 17.4. The number of carbonyl (C=O) groups is 1. The first-order chi connectivity index (χ1) is 12.2. The number of aliphatic hydroxyl groups is 5. The Hall–Kier alpha value is -1.51. The quantitative estimate of drug-likeness (QED) is 0.366. The molecule has 7 heteroatoms. The van der Waals surface area contributed by atoms with Gasteiger partial charge in [-0.3, -0.25) is 4.79 Å². The summed E-state index contributed by atoms with van der Waals surface area (Å²) >= 11 is 0. The lowest BCUT2D eigenvalue weighted by Crippen LogP contribution is -2.47. The molecule has 5 atom stereocenters. The summed E-state index contributed by atoms with van der Waals surface area (Å²) in [6, 6.07) is 7.64. The van der Waals surface area contributed by atoms with Gasteiger partial charge in [0, 0.05) is 0 Å². The van der Waals surface area contributed by atoms with E-state index < -0.39 is 49.5 Å². The van der Waals surface area contributed by atoms with E-state index in [1.807, 2.05) is 24.3 Å². The molecule has 0 aliphatic carbocycles. The second-order valence-corrected chi connectivity index (χ2v) is 6.99. The van der Waals surface area contributed by atoms with Gasteiger partial charge in [0.2, 0.25) is 0 Å². The molecule has 0 fully saturated rings. The maximum absolute atomic E-state index is 12.1. The van der Waals surface area contributed by atoms with Crippen molar-refractivity contribution in [2.75, 3.05) is 13.2 Å². The Bertz CT molecular complexity index is 543. The van der Waals surface area contributed by atoms with Gasteiger partial charge >= 0.3 is 5.97 Å². The molecule has 0 radical (unpaired) electrons. The zero-order valence-corrected chi connectivity index (χ0v) is 15.4. The number of rotatable bonds is 10. The fourth-order valence-electron chi connectivity index (χ4n) is 2.50. The molecule has 1 aromatic rings. The van der Waals surface area contributed by atoms with E-state index in [-0.39, 0.29) is 0 Å². The summed E-state index contributed by atoms with van der Waals surface area (Å²) in [6.07, 6.45) is -5.74. The Balaban J connectivity index is 2.56. The first-order valence-electron chi connectivity index (χ1n) is 8.76. The summed E-state index contributed by atoms with van der Waals surface area (Å²) < 4.78 is 5.00. The molecule has 0 saturated carbocycles. The molecule has 0 aliphatic heterocycles. The molecule has 7 nitrogen and oxygen atoms in total. The van der Waals surface area contributed by atoms with Crippen molar-refractivity contribution in [1.82, 2.24) is 0 Å². The van der Waals surface area contributed by atoms with Crippen LogP contribution >= 0.6 is 0 Å². The lowest BCUT2D eigenvalue weighted by Gasteiger charge is -2.25. The molecule has 26 heavy (non-hydrogen) atoms. The summed E-state index contributed by atoms with van der Waals surface area (Å²) in [5.74, 6) is -0.596. The molecule has 1 aromatic carbocycles. The van der Waals surface area contributed by atoms with E-state index in [0.717, 1.165) is 12.0 Å². The highest BCUT2D eigenvalue weighted by Crippen LogP contribution is 2.19. The van der Waals surface area contributed by atoms with Crippen LogP contribution in [0, 0.1) is 5.92 Å². The monoisotopic (exact) mass is 370 g/mol. The molecule has 5 N–H and O–H groups in total. The van der Waals surface area contributed by atoms with Crippen LogP contribution in [0.15, 0.2) is 24.3 Å². The highest BCUT2D eigenvalue weighted by molar-refractivity contribution is 5.77. The number of aliphatic hydroxyl groups excluding tert-OH is 5. The number of hydrogen-bond acceptors (Lipinski definition) is 7. The number of hydrogen-bond donors (Lipinski definition) is 5. The van der Waals surface area contributed by atoms with E-state index >= 15 is 0 Å². The smallest absolute Gasteiger partial charge is 0.313 e. The Morgan fingerprint density at radius 2 is 1.50 bits per heavy atom. The average Bonchev–Trinajstić information content (AvgIpc) is 2.63. The zero-order valence-electron chi connectivity index (χ0n) is 15.4. The largest absolute Gasteiger partial charge is 0.462 e. The minimum absolute atomic E-state index is 0.537. The number of ether oxygens (including phenoxy) is 1. The van der Waals surface area contributed by atoms with Crippen LogP contribution in [0.5, 0.6) is 0 Å². The molecule has 0 saturated heterocycles. The van der Waals surface area contributed by atoms with Gasteiger partial charge in [0.05, 0.1) is 12.5 Å². The molecule has 148 valence electrons. The van der Waals surface area contributed by atoms with Gasteiger partial charge in [-0.1, -0.05) is 38.1 Å². The van der Waals surface area contributed by atoms with E-state index in [4.69, 9.17) is 9.84 Å². The van der Waals surface area contributed by atoms with E-state index in [1.54, 1.807) is 6.92 Å². The van der Waals surface area contributed by atoms with Gasteiger partial charge in [-0.05, 0) is 30.4 Å². The fraction of sp³-hybridized carbons (Fsp3) is 0.632. The summed E-state index contributed by atoms with van der Waals surface area (Å²) in [6.45, 7) is 4.63. The second-order valence-electron chi connectivity index (χ2n) is 6.99. The van der Waals surface area contributed by atoms with E-state index in [2.05, 4.69) is 13.8 Å². The minimum atomic E-state index is -1.75. The summed E-state index contributed by atoms with van der Waals surface area (Å²) in [4.78, 5) is 12.1. The second kappa shape index (κ2) is 10.6. The van der Waals surface area contributed by atoms with Crippen LogP contribution in [0.1, 0.15) is 37.8 Å². The van der Waals surface area contributed by atoms with Gasteiger partial charge in [-0.2, -0.15) is 0 Å². The van der Waals surface area contributed by atoms with E-state index in [1.165, 1.54) is 5.56 Å². The molecule has 0 heterocycles. The molecule has 0 aromatic heterocycles. The molecule has 0 aliphatic rings. The number of carbonyl (C=O) groups excluding carboxylic acids is 1. The van der Waals surface area contributed by atoms with Crippen LogP contribution in [0.2, 0.25) is 0 Å². The zero-order chi connectivity index (χ0) is 19.9. The van der Waals surface area contributed by atoms with Crippen LogP contribution in [0.3, 0.4) is 0 Å². The van der Waals surface area contributed by atoms with Crippen molar-refractivity contribution in [3.8, 4) is 0 Å². The van der Waals surface area contributed by atoms with Crippen molar-refractivity contribution in [1.29, 1.82) is 0 Å². The van der Waals surface area contributed by atoms with E-state index in [9.17, 15) is 25.2 Å². The van der Waals surface area contributed by atoms with Crippen molar-refractivity contribution >= 4 is 5.97 Å². The predicted octanol–water partition coefficient (Wildman–Crippen LogP) is -0.0323. The van der Waals surface area contributed by atoms with Gasteiger partial charge in [0.25, 0.3) is 0 Å². The third kappa shape index (κ3) is 6.66. The summed E-state index contributed by atoms with van der Waals surface area (Å²) in [5.41, 5.74) is 1.95. The van der Waals surface area contributed by atoms with Gasteiger partial charge in [-0.15, -0.1) is 0 Å². The topological polar surface area (TPSA) is 127 Å². The summed E-state index contributed by atoms with van der Waals surface area (Å²) in [5, 5.41) is 47.0. The third-order valence-electron chi connectivity index (χ3n) is 4.20. The van der Waals surface area contributed by atoms with Crippen LogP contribution in [0.25, 0.3) is 0 Å². The van der Waals surface area contributed by atoms with Crippen molar-refractivity contribution in [2.45, 2.75) is 57.5 Å². The van der Waals surface area contributed by atoms with E-state index in [0.29, 0.717) is 5.92 Å². The molecular formula is C19H30O7. The van der Waals surface area contributed by atoms with Crippen LogP contribution < -0.4 is 0 Å². The first kappa shape index (κ1) is 22.5. The highest BCUT2D eigenvalue weighted by atomic mass is 16.5. The molecule has 0 spiro atoms. The van der Waals surface area contributed by atoms with Gasteiger partial charge < -0.3 is 30.3 Å². The molecule has 3 unspecified atom stereocenters. The van der Waals surface area contributed by atoms with Gasteiger partial charge in [0.1, 0.15) is 31.0 Å². The SMILES string of the molecule is CC(C)Cc1ccc(C(C)C(=O)OCC(O)[C@@H](O)[C@H](O)C(O)CO)cc1. The maximum atomic E-state index is 12.1. The van der Waals surface area contributed by atoms with Crippen molar-refractivity contribution in [3.05, 3.63) is 35.4 Å². The van der Waals surface area contributed by atoms with Gasteiger partial charge in [-0.25, -0.2) is 0 Å². The fourth-order valence-corrected chi connectivity index (χ4v) is 2.50. The highest BCUT2D eigenvalue weighted by Gasteiger charge is 2.31. The third-order valence-corrected chi connectivity index (χ3v) is 4.20. The minimum Gasteiger partial charge on any atom is -0.462 e. The average molecular weight is 370 g/mol. The van der Waals surface area contributed by atoms with Crippen molar-refractivity contribution in [2.24, 2.45) is 5.92 Å². The Kier molecular flexibility index (Phi) is 9.18. The number of esters is 1. The molecule has 1 rings (SSSR count). The standard InChI is InChI=1S/C19H30O7/c1-11(2)8-13-4-6-14(7-5-13)12(3)19(25)26-10-16(22)18(24)17(23)15(21)9-20/h4-7,11-12,15-18,20-24H,8-10H2,1-3H3/t12?,15?,16?,17-,18-/m1/s1. The van der Waals surface area contributed by atoms with Gasteiger partial charge in [0.15, 0.2) is 0 Å². The Morgan fingerprint density at radius 1 is 0.962 bits per heavy atom. The predicted molar refractivity (Wildman–Crippen MR) is 95.5 cm³/mol. The van der Waals surface area contributed by atoms with Crippen molar-refractivity contribution in [3.63, 3.8) is 0 Å². The maximum Gasteiger partial charge on any atom is 0.313 e. The Labute approximate surface area is 153 Å². The molecule has 0 amide bonds.